The van der Waals surface area contributed by atoms with Crippen LogP contribution < -0.4 is 5.32 Å². The van der Waals surface area contributed by atoms with E-state index < -0.39 is 6.10 Å². The molecule has 0 saturated carbocycles. The van der Waals surface area contributed by atoms with Gasteiger partial charge in [0.2, 0.25) is 0 Å². The second-order valence-corrected chi connectivity index (χ2v) is 1.91. The molecule has 44 valence electrons. The Morgan fingerprint density at radius 1 is 1.88 bits per heavy atom. The summed E-state index contributed by atoms with van der Waals surface area (Å²) in [6.45, 7) is 1.65. The standard InChI is InChI=1S/C4H5NO2S/c1-2-3(6)5-4(8)7-2/h2H,1H3,(H,5,6,8). The molecule has 1 N–H and O–H groups in total. The Hall–Kier alpha value is -0.640. The van der Waals surface area contributed by atoms with Crippen molar-refractivity contribution in [2.24, 2.45) is 0 Å². The summed E-state index contributed by atoms with van der Waals surface area (Å²) >= 11 is 4.52. The molecule has 1 rings (SSSR count). The molecule has 3 nitrogen and oxygen atoms in total. The zero-order valence-corrected chi connectivity index (χ0v) is 5.12. The first-order valence-corrected chi connectivity index (χ1v) is 2.62. The highest BCUT2D eigenvalue weighted by Gasteiger charge is 2.24. The summed E-state index contributed by atoms with van der Waals surface area (Å²) in [6, 6.07) is 0. The van der Waals surface area contributed by atoms with Crippen molar-refractivity contribution in [3.05, 3.63) is 0 Å². The van der Waals surface area contributed by atoms with Gasteiger partial charge in [-0.25, -0.2) is 0 Å². The average molecular weight is 131 g/mol. The number of rotatable bonds is 0. The third-order valence-corrected chi connectivity index (χ3v) is 1.08. The lowest BCUT2D eigenvalue weighted by molar-refractivity contribution is -0.122. The van der Waals surface area contributed by atoms with Gasteiger partial charge in [-0.05, 0) is 19.1 Å². The molecule has 0 spiro atoms. The van der Waals surface area contributed by atoms with Crippen LogP contribution in [0.25, 0.3) is 0 Å². The van der Waals surface area contributed by atoms with Gasteiger partial charge in [0.1, 0.15) is 0 Å². The molecule has 0 aromatic carbocycles. The van der Waals surface area contributed by atoms with Gasteiger partial charge in [-0.2, -0.15) is 0 Å². The van der Waals surface area contributed by atoms with E-state index in [1.807, 2.05) is 0 Å². The lowest BCUT2D eigenvalue weighted by atomic mass is 10.4. The molecular formula is C4H5NO2S. The van der Waals surface area contributed by atoms with E-state index in [2.05, 4.69) is 17.5 Å². The lowest BCUT2D eigenvalue weighted by Gasteiger charge is -1.93. The summed E-state index contributed by atoms with van der Waals surface area (Å²) in [6.07, 6.45) is -0.400. The number of hydrogen-bond donors (Lipinski definition) is 1. The van der Waals surface area contributed by atoms with Crippen LogP contribution in [0, 0.1) is 0 Å². The largest absolute Gasteiger partial charge is 0.458 e. The van der Waals surface area contributed by atoms with Gasteiger partial charge in [-0.3, -0.25) is 10.1 Å². The minimum absolute atomic E-state index is 0.157. The normalized spacial score (nSPS) is 27.4. The lowest BCUT2D eigenvalue weighted by Crippen LogP contribution is -2.22. The summed E-state index contributed by atoms with van der Waals surface area (Å²) in [4.78, 5) is 10.5. The van der Waals surface area contributed by atoms with Crippen LogP contribution in [-0.2, 0) is 9.53 Å². The van der Waals surface area contributed by atoms with Gasteiger partial charge >= 0.3 is 0 Å². The molecule has 1 fully saturated rings. The molecule has 8 heavy (non-hydrogen) atoms. The van der Waals surface area contributed by atoms with Crippen molar-refractivity contribution in [2.75, 3.05) is 0 Å². The van der Waals surface area contributed by atoms with Gasteiger partial charge in [0, 0.05) is 0 Å². The summed E-state index contributed by atoms with van der Waals surface area (Å²) < 4.78 is 4.74. The highest BCUT2D eigenvalue weighted by atomic mass is 32.1. The summed E-state index contributed by atoms with van der Waals surface area (Å²) in [5, 5.41) is 2.52. The smallest absolute Gasteiger partial charge is 0.268 e. The molecule has 1 unspecified atom stereocenters. The zero-order valence-electron chi connectivity index (χ0n) is 4.30. The van der Waals surface area contributed by atoms with E-state index in [0.29, 0.717) is 0 Å². The maximum Gasteiger partial charge on any atom is 0.268 e. The van der Waals surface area contributed by atoms with Crippen molar-refractivity contribution in [2.45, 2.75) is 13.0 Å². The predicted octanol–water partition coefficient (Wildman–Crippen LogP) is -0.194. The molecule has 4 heteroatoms. The number of carbonyl (C=O) groups is 1. The molecule has 1 aliphatic heterocycles. The number of amides is 1. The second kappa shape index (κ2) is 1.70. The molecule has 1 saturated heterocycles. The molecule has 0 bridgehead atoms. The van der Waals surface area contributed by atoms with Gasteiger partial charge in [0.15, 0.2) is 6.10 Å². The first-order valence-electron chi connectivity index (χ1n) is 2.21. The van der Waals surface area contributed by atoms with Gasteiger partial charge in [-0.1, -0.05) is 0 Å². The van der Waals surface area contributed by atoms with Crippen LogP contribution in [0.5, 0.6) is 0 Å². The van der Waals surface area contributed by atoms with E-state index in [1.165, 1.54) is 0 Å². The minimum atomic E-state index is -0.400. The molecule has 1 aliphatic rings. The highest BCUT2D eigenvalue weighted by Crippen LogP contribution is 1.98. The van der Waals surface area contributed by atoms with Crippen molar-refractivity contribution in [3.63, 3.8) is 0 Å². The Morgan fingerprint density at radius 3 is 2.62 bits per heavy atom. The van der Waals surface area contributed by atoms with E-state index >= 15 is 0 Å². The first kappa shape index (κ1) is 5.50. The van der Waals surface area contributed by atoms with E-state index in [1.54, 1.807) is 6.92 Å². The number of hydrogen-bond acceptors (Lipinski definition) is 3. The Morgan fingerprint density at radius 2 is 2.50 bits per heavy atom. The van der Waals surface area contributed by atoms with Crippen molar-refractivity contribution in [1.82, 2.24) is 5.32 Å². The Bertz CT molecular complexity index is 145. The fourth-order valence-corrected chi connectivity index (χ4v) is 0.691. The molecular weight excluding hydrogens is 126 g/mol. The molecule has 0 radical (unpaired) electrons. The van der Waals surface area contributed by atoms with Gasteiger partial charge in [-0.15, -0.1) is 0 Å². The van der Waals surface area contributed by atoms with Crippen molar-refractivity contribution in [3.8, 4) is 0 Å². The SMILES string of the molecule is CC1OC(=S)NC1=O. The highest BCUT2D eigenvalue weighted by molar-refractivity contribution is 7.80. The number of carbonyl (C=O) groups excluding carboxylic acids is 1. The minimum Gasteiger partial charge on any atom is -0.458 e. The first-order chi connectivity index (χ1) is 3.70. The fraction of sp³-hybridized carbons (Fsp3) is 0.500. The van der Waals surface area contributed by atoms with Crippen molar-refractivity contribution >= 4 is 23.3 Å². The summed E-state index contributed by atoms with van der Waals surface area (Å²) in [5.74, 6) is -0.157. The maximum absolute atomic E-state index is 10.5. The van der Waals surface area contributed by atoms with Crippen LogP contribution in [0.1, 0.15) is 6.92 Å². The maximum atomic E-state index is 10.5. The van der Waals surface area contributed by atoms with E-state index in [-0.39, 0.29) is 11.1 Å². The van der Waals surface area contributed by atoms with Gasteiger partial charge < -0.3 is 4.74 Å². The monoisotopic (exact) mass is 131 g/mol. The van der Waals surface area contributed by atoms with E-state index in [9.17, 15) is 4.79 Å². The Labute approximate surface area is 52.0 Å². The molecule has 1 heterocycles. The molecule has 0 aromatic heterocycles. The molecule has 1 amide bonds. The zero-order chi connectivity index (χ0) is 6.15. The number of ether oxygens (including phenoxy) is 1. The molecule has 1 atom stereocenters. The average Bonchev–Trinajstić information content (AvgIpc) is 1.85. The third kappa shape index (κ3) is 0.790. The Balaban J connectivity index is 2.64. The second-order valence-electron chi connectivity index (χ2n) is 1.54. The number of thiocarbonyl (C=S) groups is 1. The van der Waals surface area contributed by atoms with Crippen LogP contribution in [0.15, 0.2) is 0 Å². The predicted molar refractivity (Wildman–Crippen MR) is 31.3 cm³/mol. The third-order valence-electron chi connectivity index (χ3n) is 0.878. The molecule has 0 aliphatic carbocycles. The van der Waals surface area contributed by atoms with Gasteiger partial charge in [0.25, 0.3) is 11.1 Å². The topological polar surface area (TPSA) is 38.3 Å². The van der Waals surface area contributed by atoms with Crippen LogP contribution >= 0.6 is 12.2 Å². The summed E-state index contributed by atoms with van der Waals surface area (Å²) in [5.41, 5.74) is 0. The van der Waals surface area contributed by atoms with E-state index in [0.717, 1.165) is 0 Å². The van der Waals surface area contributed by atoms with Crippen molar-refractivity contribution in [1.29, 1.82) is 0 Å². The Kier molecular flexibility index (Phi) is 1.17. The van der Waals surface area contributed by atoms with E-state index in [4.69, 9.17) is 4.74 Å². The van der Waals surface area contributed by atoms with Crippen molar-refractivity contribution < 1.29 is 9.53 Å². The molecule has 0 aromatic rings. The van der Waals surface area contributed by atoms with Crippen LogP contribution in [-0.4, -0.2) is 17.2 Å². The quantitative estimate of drug-likeness (QED) is 0.463. The fourth-order valence-electron chi connectivity index (χ4n) is 0.446. The van der Waals surface area contributed by atoms with Gasteiger partial charge in [0.05, 0.1) is 0 Å². The number of nitrogens with one attached hydrogen (secondary N) is 1. The van der Waals surface area contributed by atoms with Crippen LogP contribution in [0.4, 0.5) is 0 Å². The van der Waals surface area contributed by atoms with Crippen LogP contribution in [0.2, 0.25) is 0 Å². The van der Waals surface area contributed by atoms with Crippen LogP contribution in [0.3, 0.4) is 0 Å². The summed E-state index contributed by atoms with van der Waals surface area (Å²) in [7, 11) is 0.